The van der Waals surface area contributed by atoms with E-state index in [1.807, 2.05) is 25.1 Å². The van der Waals surface area contributed by atoms with Crippen LogP contribution in [0.1, 0.15) is 49.5 Å². The highest BCUT2D eigenvalue weighted by Gasteiger charge is 2.11. The summed E-state index contributed by atoms with van der Waals surface area (Å²) in [5.74, 6) is 0.609. The van der Waals surface area contributed by atoms with E-state index in [2.05, 4.69) is 31.4 Å². The van der Waals surface area contributed by atoms with Crippen molar-refractivity contribution >= 4 is 11.6 Å². The number of rotatable bonds is 7. The molecule has 0 unspecified atom stereocenters. The van der Waals surface area contributed by atoms with Crippen LogP contribution in [0.2, 0.25) is 0 Å². The lowest BCUT2D eigenvalue weighted by atomic mass is 10.0. The molecule has 1 aromatic rings. The van der Waals surface area contributed by atoms with Gasteiger partial charge in [0.25, 0.3) is 5.91 Å². The Balaban J connectivity index is 2.66. The van der Waals surface area contributed by atoms with Crippen LogP contribution in [0.15, 0.2) is 18.2 Å². The smallest absolute Gasteiger partial charge is 0.251 e. The van der Waals surface area contributed by atoms with E-state index in [0.717, 1.165) is 42.7 Å². The Kier molecular flexibility index (Phi) is 6.40. The number of anilines is 1. The Bertz CT molecular complexity index is 411. The molecule has 0 aromatic heterocycles. The number of aryl methyl sites for hydroxylation is 1. The third kappa shape index (κ3) is 4.58. The molecule has 0 heterocycles. The van der Waals surface area contributed by atoms with Crippen molar-refractivity contribution in [2.24, 2.45) is 5.92 Å². The fourth-order valence-electron chi connectivity index (χ4n) is 2.14. The van der Waals surface area contributed by atoms with Crippen molar-refractivity contribution < 1.29 is 4.79 Å². The van der Waals surface area contributed by atoms with Gasteiger partial charge < -0.3 is 10.6 Å². The second kappa shape index (κ2) is 7.82. The van der Waals surface area contributed by atoms with Crippen molar-refractivity contribution in [3.8, 4) is 0 Å². The molecule has 0 aliphatic heterocycles. The Morgan fingerprint density at radius 3 is 2.42 bits per heavy atom. The van der Waals surface area contributed by atoms with E-state index in [-0.39, 0.29) is 5.91 Å². The Morgan fingerprint density at radius 1 is 1.21 bits per heavy atom. The van der Waals surface area contributed by atoms with Gasteiger partial charge in [0.2, 0.25) is 0 Å². The predicted molar refractivity (Wildman–Crippen MR) is 81.7 cm³/mol. The molecule has 19 heavy (non-hydrogen) atoms. The molecule has 1 aromatic carbocycles. The molecule has 0 aliphatic carbocycles. The molecule has 1 amide bonds. The maximum atomic E-state index is 12.1. The highest BCUT2D eigenvalue weighted by Crippen LogP contribution is 2.15. The molecule has 0 fully saturated rings. The van der Waals surface area contributed by atoms with E-state index in [9.17, 15) is 4.79 Å². The van der Waals surface area contributed by atoms with Crippen molar-refractivity contribution in [1.82, 2.24) is 5.32 Å². The summed E-state index contributed by atoms with van der Waals surface area (Å²) in [6.07, 6.45) is 2.21. The minimum absolute atomic E-state index is 0.0347. The number of carbonyl (C=O) groups excluding carboxylic acids is 1. The van der Waals surface area contributed by atoms with Crippen molar-refractivity contribution in [3.63, 3.8) is 0 Å². The Hall–Kier alpha value is -1.51. The van der Waals surface area contributed by atoms with Crippen LogP contribution in [0.3, 0.4) is 0 Å². The molecule has 0 atom stereocenters. The van der Waals surface area contributed by atoms with Gasteiger partial charge in [0.15, 0.2) is 0 Å². The summed E-state index contributed by atoms with van der Waals surface area (Å²) in [5, 5.41) is 6.29. The SMILES string of the molecule is CCNc1ccc(C(=O)NCC(CC)CC)c(C)c1. The van der Waals surface area contributed by atoms with E-state index >= 15 is 0 Å². The number of hydrogen-bond donors (Lipinski definition) is 2. The van der Waals surface area contributed by atoms with Crippen LogP contribution >= 0.6 is 0 Å². The maximum absolute atomic E-state index is 12.1. The van der Waals surface area contributed by atoms with Gasteiger partial charge in [0.1, 0.15) is 0 Å². The first-order valence-electron chi connectivity index (χ1n) is 7.25. The topological polar surface area (TPSA) is 41.1 Å². The van der Waals surface area contributed by atoms with Crippen LogP contribution in [0.5, 0.6) is 0 Å². The molecule has 0 aliphatic rings. The summed E-state index contributed by atoms with van der Waals surface area (Å²) in [6, 6.07) is 5.88. The average molecular weight is 262 g/mol. The van der Waals surface area contributed by atoms with Gasteiger partial charge in [-0.15, -0.1) is 0 Å². The van der Waals surface area contributed by atoms with Gasteiger partial charge in [-0.2, -0.15) is 0 Å². The summed E-state index contributed by atoms with van der Waals surface area (Å²) >= 11 is 0. The molecule has 2 N–H and O–H groups in total. The van der Waals surface area contributed by atoms with E-state index in [4.69, 9.17) is 0 Å². The lowest BCUT2D eigenvalue weighted by molar-refractivity contribution is 0.0946. The second-order valence-corrected chi connectivity index (χ2v) is 4.95. The lowest BCUT2D eigenvalue weighted by Gasteiger charge is -2.14. The Labute approximate surface area is 116 Å². The van der Waals surface area contributed by atoms with Crippen LogP contribution in [0.4, 0.5) is 5.69 Å². The van der Waals surface area contributed by atoms with E-state index in [1.165, 1.54) is 0 Å². The third-order valence-corrected chi connectivity index (χ3v) is 3.56. The fraction of sp³-hybridized carbons (Fsp3) is 0.562. The highest BCUT2D eigenvalue weighted by atomic mass is 16.1. The van der Waals surface area contributed by atoms with Crippen molar-refractivity contribution in [2.45, 2.75) is 40.5 Å². The number of amides is 1. The molecule has 1 rings (SSSR count). The minimum atomic E-state index is 0.0347. The predicted octanol–water partition coefficient (Wildman–Crippen LogP) is 3.59. The van der Waals surface area contributed by atoms with Crippen LogP contribution in [0.25, 0.3) is 0 Å². The standard InChI is InChI=1S/C16H26N2O/c1-5-13(6-2)11-18-16(19)15-9-8-14(17-7-3)10-12(15)4/h8-10,13,17H,5-7,11H2,1-4H3,(H,18,19). The fourth-order valence-corrected chi connectivity index (χ4v) is 2.14. The summed E-state index contributed by atoms with van der Waals surface area (Å²) in [5.41, 5.74) is 2.85. The molecule has 0 saturated carbocycles. The van der Waals surface area contributed by atoms with Crippen LogP contribution in [-0.2, 0) is 0 Å². The quantitative estimate of drug-likeness (QED) is 0.788. The zero-order valence-corrected chi connectivity index (χ0v) is 12.5. The normalized spacial score (nSPS) is 10.6. The number of carbonyl (C=O) groups is 1. The van der Waals surface area contributed by atoms with E-state index < -0.39 is 0 Å². The number of nitrogens with one attached hydrogen (secondary N) is 2. The highest BCUT2D eigenvalue weighted by molar-refractivity contribution is 5.96. The molecule has 0 spiro atoms. The van der Waals surface area contributed by atoms with Gasteiger partial charge in [-0.05, 0) is 43.5 Å². The third-order valence-electron chi connectivity index (χ3n) is 3.56. The summed E-state index contributed by atoms with van der Waals surface area (Å²) < 4.78 is 0. The average Bonchev–Trinajstić information content (AvgIpc) is 2.40. The second-order valence-electron chi connectivity index (χ2n) is 4.95. The number of benzene rings is 1. The summed E-state index contributed by atoms with van der Waals surface area (Å²) in [4.78, 5) is 12.1. The van der Waals surface area contributed by atoms with E-state index in [1.54, 1.807) is 0 Å². The van der Waals surface area contributed by atoms with Crippen molar-refractivity contribution in [1.29, 1.82) is 0 Å². The van der Waals surface area contributed by atoms with Gasteiger partial charge in [-0.3, -0.25) is 4.79 Å². The number of hydrogen-bond acceptors (Lipinski definition) is 2. The zero-order chi connectivity index (χ0) is 14.3. The molecule has 0 bridgehead atoms. The van der Waals surface area contributed by atoms with Crippen molar-refractivity contribution in [2.75, 3.05) is 18.4 Å². The van der Waals surface area contributed by atoms with Gasteiger partial charge in [-0.25, -0.2) is 0 Å². The monoisotopic (exact) mass is 262 g/mol. The van der Waals surface area contributed by atoms with Crippen LogP contribution in [0, 0.1) is 12.8 Å². The Morgan fingerprint density at radius 2 is 1.89 bits per heavy atom. The van der Waals surface area contributed by atoms with Gasteiger partial charge >= 0.3 is 0 Å². The largest absolute Gasteiger partial charge is 0.385 e. The van der Waals surface area contributed by atoms with Gasteiger partial charge in [0, 0.05) is 24.3 Å². The maximum Gasteiger partial charge on any atom is 0.251 e. The van der Waals surface area contributed by atoms with Crippen LogP contribution in [-0.4, -0.2) is 19.0 Å². The minimum Gasteiger partial charge on any atom is -0.385 e. The van der Waals surface area contributed by atoms with Crippen molar-refractivity contribution in [3.05, 3.63) is 29.3 Å². The molecule has 0 saturated heterocycles. The molecular weight excluding hydrogens is 236 g/mol. The first-order chi connectivity index (χ1) is 9.12. The molecule has 0 radical (unpaired) electrons. The molecule has 106 valence electrons. The zero-order valence-electron chi connectivity index (χ0n) is 12.5. The first-order valence-corrected chi connectivity index (χ1v) is 7.25. The first kappa shape index (κ1) is 15.5. The van der Waals surface area contributed by atoms with E-state index in [0.29, 0.717) is 5.92 Å². The summed E-state index contributed by atoms with van der Waals surface area (Å²) in [6.45, 7) is 10.0. The molecule has 3 heteroatoms. The van der Waals surface area contributed by atoms with Gasteiger partial charge in [-0.1, -0.05) is 26.7 Å². The van der Waals surface area contributed by atoms with Gasteiger partial charge in [0.05, 0.1) is 0 Å². The molecular formula is C16H26N2O. The summed E-state index contributed by atoms with van der Waals surface area (Å²) in [7, 11) is 0. The lowest BCUT2D eigenvalue weighted by Crippen LogP contribution is -2.29. The van der Waals surface area contributed by atoms with Crippen LogP contribution < -0.4 is 10.6 Å². The molecule has 3 nitrogen and oxygen atoms in total.